The molecule has 1 rings (SSSR count). The Morgan fingerprint density at radius 3 is 2.58 bits per heavy atom. The Balaban J connectivity index is 0.00000324. The van der Waals surface area contributed by atoms with Crippen molar-refractivity contribution in [3.8, 4) is 0 Å². The summed E-state index contributed by atoms with van der Waals surface area (Å²) in [7, 11) is 0. The molecule has 0 bridgehead atoms. The van der Waals surface area contributed by atoms with Crippen molar-refractivity contribution < 1.29 is 5.11 Å². The lowest BCUT2D eigenvalue weighted by Gasteiger charge is -2.21. The van der Waals surface area contributed by atoms with E-state index in [1.807, 2.05) is 0 Å². The summed E-state index contributed by atoms with van der Waals surface area (Å²) in [6.45, 7) is 12.4. The van der Waals surface area contributed by atoms with Crippen molar-refractivity contribution >= 4 is 29.9 Å². The molecule has 0 saturated carbocycles. The Bertz CT molecular complexity index is 273. The zero-order valence-corrected chi connectivity index (χ0v) is 14.8. The second-order valence-electron chi connectivity index (χ2n) is 5.26. The van der Waals surface area contributed by atoms with Gasteiger partial charge in [0.05, 0.1) is 13.2 Å². The smallest absolute Gasteiger partial charge is 0.191 e. The molecule has 0 aromatic heterocycles. The molecule has 19 heavy (non-hydrogen) atoms. The largest absolute Gasteiger partial charge is 0.394 e. The number of likely N-dealkylation sites (tertiary alicyclic amines) is 1. The van der Waals surface area contributed by atoms with E-state index in [-0.39, 0.29) is 30.6 Å². The fourth-order valence-electron chi connectivity index (χ4n) is 2.27. The Kier molecular flexibility index (Phi) is 9.72. The zero-order valence-electron chi connectivity index (χ0n) is 12.5. The molecule has 1 heterocycles. The molecular formula is C13H29IN4O. The first-order valence-electron chi connectivity index (χ1n) is 6.98. The van der Waals surface area contributed by atoms with Crippen LogP contribution >= 0.6 is 24.0 Å². The number of rotatable bonds is 5. The van der Waals surface area contributed by atoms with E-state index in [2.05, 4.69) is 48.2 Å². The quantitative estimate of drug-likeness (QED) is 0.374. The number of hydrogen-bond acceptors (Lipinski definition) is 3. The highest BCUT2D eigenvalue weighted by molar-refractivity contribution is 14.0. The first kappa shape index (κ1) is 18.9. The second-order valence-corrected chi connectivity index (χ2v) is 5.26. The maximum Gasteiger partial charge on any atom is 0.191 e. The predicted octanol–water partition coefficient (Wildman–Crippen LogP) is 0.880. The molecule has 1 aliphatic rings. The van der Waals surface area contributed by atoms with Gasteiger partial charge in [0.15, 0.2) is 5.96 Å². The Morgan fingerprint density at radius 1 is 1.42 bits per heavy atom. The molecule has 2 unspecified atom stereocenters. The van der Waals surface area contributed by atoms with Crippen LogP contribution in [0.5, 0.6) is 0 Å². The highest BCUT2D eigenvalue weighted by Crippen LogP contribution is 2.18. The first-order valence-corrected chi connectivity index (χ1v) is 6.98. The summed E-state index contributed by atoms with van der Waals surface area (Å²) in [6.07, 6.45) is 0. The molecule has 1 saturated heterocycles. The van der Waals surface area contributed by atoms with Gasteiger partial charge in [0.25, 0.3) is 0 Å². The van der Waals surface area contributed by atoms with Crippen LogP contribution in [0.25, 0.3) is 0 Å². The Hall–Kier alpha value is -0.0800. The topological polar surface area (TPSA) is 59.9 Å². The van der Waals surface area contributed by atoms with Crippen molar-refractivity contribution in [2.45, 2.75) is 39.8 Å². The summed E-state index contributed by atoms with van der Waals surface area (Å²) < 4.78 is 0. The van der Waals surface area contributed by atoms with Gasteiger partial charge in [-0.2, -0.15) is 0 Å². The molecule has 0 aromatic carbocycles. The predicted molar refractivity (Wildman–Crippen MR) is 91.3 cm³/mol. The summed E-state index contributed by atoms with van der Waals surface area (Å²) in [4.78, 5) is 6.81. The van der Waals surface area contributed by atoms with Crippen LogP contribution < -0.4 is 10.6 Å². The van der Waals surface area contributed by atoms with Crippen molar-refractivity contribution in [3.63, 3.8) is 0 Å². The zero-order chi connectivity index (χ0) is 13.5. The SMILES string of the molecule is CCNC(=NCCO)NC1CN(C(C)C)CC1C.I. The van der Waals surface area contributed by atoms with Gasteiger partial charge in [0, 0.05) is 31.7 Å². The van der Waals surface area contributed by atoms with Crippen LogP contribution in [0.15, 0.2) is 4.99 Å². The summed E-state index contributed by atoms with van der Waals surface area (Å²) in [5.74, 6) is 1.43. The summed E-state index contributed by atoms with van der Waals surface area (Å²) >= 11 is 0. The van der Waals surface area contributed by atoms with Gasteiger partial charge in [-0.1, -0.05) is 6.92 Å². The maximum atomic E-state index is 8.84. The molecule has 1 fully saturated rings. The van der Waals surface area contributed by atoms with Gasteiger partial charge in [-0.25, -0.2) is 0 Å². The molecule has 114 valence electrons. The van der Waals surface area contributed by atoms with E-state index in [4.69, 9.17) is 5.11 Å². The first-order chi connectivity index (χ1) is 8.58. The van der Waals surface area contributed by atoms with Gasteiger partial charge in [0.2, 0.25) is 0 Å². The maximum absolute atomic E-state index is 8.84. The molecule has 0 radical (unpaired) electrons. The monoisotopic (exact) mass is 384 g/mol. The third kappa shape index (κ3) is 6.27. The third-order valence-electron chi connectivity index (χ3n) is 3.41. The number of aliphatic hydroxyl groups excluding tert-OH is 1. The van der Waals surface area contributed by atoms with Crippen LogP contribution in [-0.2, 0) is 0 Å². The fourth-order valence-corrected chi connectivity index (χ4v) is 2.27. The minimum Gasteiger partial charge on any atom is -0.394 e. The van der Waals surface area contributed by atoms with Crippen molar-refractivity contribution in [1.29, 1.82) is 0 Å². The van der Waals surface area contributed by atoms with Gasteiger partial charge < -0.3 is 15.7 Å². The van der Waals surface area contributed by atoms with Gasteiger partial charge in [-0.05, 0) is 26.7 Å². The number of guanidine groups is 1. The molecule has 0 amide bonds. The van der Waals surface area contributed by atoms with Gasteiger partial charge in [0.1, 0.15) is 0 Å². The number of aliphatic imine (C=N–C) groups is 1. The fraction of sp³-hybridized carbons (Fsp3) is 0.923. The van der Waals surface area contributed by atoms with Crippen LogP contribution in [-0.4, -0.2) is 60.8 Å². The molecule has 0 spiro atoms. The van der Waals surface area contributed by atoms with Crippen molar-refractivity contribution in [3.05, 3.63) is 0 Å². The van der Waals surface area contributed by atoms with E-state index in [0.717, 1.165) is 25.6 Å². The molecule has 0 aliphatic carbocycles. The van der Waals surface area contributed by atoms with Crippen LogP contribution in [0.3, 0.4) is 0 Å². The minimum atomic E-state index is 0. The standard InChI is InChI=1S/C13H28N4O.HI/c1-5-14-13(15-6-7-18)16-12-9-17(10(2)3)8-11(12)4;/h10-12,18H,5-9H2,1-4H3,(H2,14,15,16);1H. The number of nitrogens with one attached hydrogen (secondary N) is 2. The lowest BCUT2D eigenvalue weighted by atomic mass is 10.1. The molecule has 2 atom stereocenters. The van der Waals surface area contributed by atoms with Crippen molar-refractivity contribution in [2.24, 2.45) is 10.9 Å². The van der Waals surface area contributed by atoms with Gasteiger partial charge in [-0.15, -0.1) is 24.0 Å². The van der Waals surface area contributed by atoms with E-state index in [9.17, 15) is 0 Å². The third-order valence-corrected chi connectivity index (χ3v) is 3.41. The van der Waals surface area contributed by atoms with Gasteiger partial charge in [-0.3, -0.25) is 9.89 Å². The number of nitrogens with zero attached hydrogens (tertiary/aromatic N) is 2. The summed E-state index contributed by atoms with van der Waals surface area (Å²) in [5.41, 5.74) is 0. The van der Waals surface area contributed by atoms with E-state index < -0.39 is 0 Å². The van der Waals surface area contributed by atoms with Crippen LogP contribution in [0.2, 0.25) is 0 Å². The minimum absolute atomic E-state index is 0. The second kappa shape index (κ2) is 9.77. The van der Waals surface area contributed by atoms with Crippen LogP contribution in [0.1, 0.15) is 27.7 Å². The van der Waals surface area contributed by atoms with Crippen LogP contribution in [0.4, 0.5) is 0 Å². The van der Waals surface area contributed by atoms with Gasteiger partial charge >= 0.3 is 0 Å². The molecule has 6 heteroatoms. The Morgan fingerprint density at radius 2 is 2.11 bits per heavy atom. The summed E-state index contributed by atoms with van der Waals surface area (Å²) in [6, 6.07) is 1.03. The molecule has 5 nitrogen and oxygen atoms in total. The lowest BCUT2D eigenvalue weighted by molar-refractivity contribution is 0.265. The van der Waals surface area contributed by atoms with Crippen LogP contribution in [0, 0.1) is 5.92 Å². The number of hydrogen-bond donors (Lipinski definition) is 3. The average Bonchev–Trinajstić information content (AvgIpc) is 2.68. The molecule has 3 N–H and O–H groups in total. The Labute approximate surface area is 134 Å². The molecular weight excluding hydrogens is 355 g/mol. The molecule has 1 aliphatic heterocycles. The van der Waals surface area contributed by atoms with E-state index in [0.29, 0.717) is 24.5 Å². The normalized spacial score (nSPS) is 24.4. The molecule has 0 aromatic rings. The van der Waals surface area contributed by atoms with E-state index >= 15 is 0 Å². The number of halogens is 1. The van der Waals surface area contributed by atoms with E-state index in [1.165, 1.54) is 0 Å². The van der Waals surface area contributed by atoms with Crippen molar-refractivity contribution in [2.75, 3.05) is 32.8 Å². The average molecular weight is 384 g/mol. The lowest BCUT2D eigenvalue weighted by Crippen LogP contribution is -2.47. The summed E-state index contributed by atoms with van der Waals surface area (Å²) in [5, 5.41) is 15.5. The van der Waals surface area contributed by atoms with E-state index in [1.54, 1.807) is 0 Å². The van der Waals surface area contributed by atoms with Crippen molar-refractivity contribution in [1.82, 2.24) is 15.5 Å². The highest BCUT2D eigenvalue weighted by atomic mass is 127. The highest BCUT2D eigenvalue weighted by Gasteiger charge is 2.31. The number of aliphatic hydroxyl groups is 1.